The van der Waals surface area contributed by atoms with E-state index < -0.39 is 0 Å². The number of para-hydroxylation sites is 2. The zero-order valence-corrected chi connectivity index (χ0v) is 14.2. The molecule has 0 saturated heterocycles. The largest absolute Gasteiger partial charge is 0.484 e. The second-order valence-corrected chi connectivity index (χ2v) is 6.21. The summed E-state index contributed by atoms with van der Waals surface area (Å²) in [5, 5.41) is 3.17. The highest BCUT2D eigenvalue weighted by Crippen LogP contribution is 2.16. The summed E-state index contributed by atoms with van der Waals surface area (Å²) in [6.07, 6.45) is 0.626. The van der Waals surface area contributed by atoms with Gasteiger partial charge in [-0.1, -0.05) is 36.4 Å². The summed E-state index contributed by atoms with van der Waals surface area (Å²) < 4.78 is 7.07. The van der Waals surface area contributed by atoms with Crippen LogP contribution in [0.5, 0.6) is 5.75 Å². The molecule has 4 rings (SSSR count). The predicted octanol–water partition coefficient (Wildman–Crippen LogP) is 2.13. The van der Waals surface area contributed by atoms with E-state index in [4.69, 9.17) is 4.74 Å². The minimum Gasteiger partial charge on any atom is -0.484 e. The Morgan fingerprint density at radius 2 is 1.73 bits per heavy atom. The van der Waals surface area contributed by atoms with Crippen molar-refractivity contribution in [1.29, 1.82) is 0 Å². The van der Waals surface area contributed by atoms with Gasteiger partial charge in [0, 0.05) is 18.7 Å². The van der Waals surface area contributed by atoms with Crippen LogP contribution in [0, 0.1) is 0 Å². The molecule has 0 radical (unpaired) electrons. The lowest BCUT2D eigenvalue weighted by Gasteiger charge is -2.26. The van der Waals surface area contributed by atoms with Gasteiger partial charge >= 0.3 is 0 Å². The lowest BCUT2D eigenvalue weighted by Crippen LogP contribution is -2.40. The highest BCUT2D eigenvalue weighted by atomic mass is 16.5. The normalized spacial score (nSPS) is 13.3. The van der Waals surface area contributed by atoms with Crippen LogP contribution in [0.15, 0.2) is 65.5 Å². The van der Waals surface area contributed by atoms with Crippen LogP contribution in [0.3, 0.4) is 0 Å². The van der Waals surface area contributed by atoms with Gasteiger partial charge in [0.2, 0.25) is 0 Å². The molecule has 1 aliphatic heterocycles. The van der Waals surface area contributed by atoms with Crippen LogP contribution in [0.1, 0.15) is 11.3 Å². The summed E-state index contributed by atoms with van der Waals surface area (Å²) in [5.41, 5.74) is 2.23. The number of ether oxygens (including phenoxy) is 1. The Morgan fingerprint density at radius 1 is 1.04 bits per heavy atom. The van der Waals surface area contributed by atoms with E-state index in [0.29, 0.717) is 30.8 Å². The van der Waals surface area contributed by atoms with Crippen molar-refractivity contribution in [3.8, 4) is 11.4 Å². The molecule has 0 spiro atoms. The summed E-state index contributed by atoms with van der Waals surface area (Å²) in [7, 11) is 0. The molecule has 2 heterocycles. The second-order valence-electron chi connectivity index (χ2n) is 6.21. The van der Waals surface area contributed by atoms with Gasteiger partial charge in [-0.05, 0) is 24.3 Å². The highest BCUT2D eigenvalue weighted by Gasteiger charge is 2.26. The fourth-order valence-electron chi connectivity index (χ4n) is 3.13. The Bertz CT molecular complexity index is 961. The Balaban J connectivity index is 1.48. The number of aromatic nitrogens is 2. The number of rotatable bonds is 4. The number of aromatic amines is 1. The Hall–Kier alpha value is -3.28. The fraction of sp³-hybridized carbons (Fsp3) is 0.200. The first-order chi connectivity index (χ1) is 12.7. The first kappa shape index (κ1) is 16.2. The molecule has 0 unspecified atom stereocenters. The molecule has 6 heteroatoms. The molecule has 26 heavy (non-hydrogen) atoms. The van der Waals surface area contributed by atoms with Crippen molar-refractivity contribution < 1.29 is 9.53 Å². The Labute approximate surface area is 150 Å². The first-order valence-electron chi connectivity index (χ1n) is 8.56. The van der Waals surface area contributed by atoms with Gasteiger partial charge in [-0.2, -0.15) is 0 Å². The molecule has 0 bridgehead atoms. The molecule has 1 N–H and O–H groups in total. The molecule has 1 amide bonds. The number of amides is 1. The number of nitrogens with zero attached hydrogens (tertiary/aromatic N) is 2. The van der Waals surface area contributed by atoms with Crippen molar-refractivity contribution in [2.24, 2.45) is 0 Å². The third-order valence-electron chi connectivity index (χ3n) is 4.53. The minimum atomic E-state index is -0.119. The Morgan fingerprint density at radius 3 is 2.46 bits per heavy atom. The van der Waals surface area contributed by atoms with Crippen molar-refractivity contribution >= 4 is 5.91 Å². The van der Waals surface area contributed by atoms with Crippen LogP contribution in [-0.2, 0) is 17.8 Å². The molecule has 1 aliphatic rings. The summed E-state index contributed by atoms with van der Waals surface area (Å²) in [6, 6.07) is 18.7. The second kappa shape index (κ2) is 6.92. The summed E-state index contributed by atoms with van der Waals surface area (Å²) in [6.45, 7) is 0.844. The third-order valence-corrected chi connectivity index (χ3v) is 4.53. The minimum absolute atomic E-state index is 0.0311. The number of nitrogens with one attached hydrogen (secondary N) is 1. The zero-order valence-electron chi connectivity index (χ0n) is 14.2. The fourth-order valence-corrected chi connectivity index (χ4v) is 3.13. The van der Waals surface area contributed by atoms with Crippen molar-refractivity contribution in [3.05, 3.63) is 82.3 Å². The molecule has 2 aromatic carbocycles. The van der Waals surface area contributed by atoms with Crippen molar-refractivity contribution in [2.45, 2.75) is 13.0 Å². The van der Waals surface area contributed by atoms with Crippen molar-refractivity contribution in [1.82, 2.24) is 14.7 Å². The van der Waals surface area contributed by atoms with E-state index >= 15 is 0 Å². The molecule has 0 atom stereocenters. The van der Waals surface area contributed by atoms with E-state index in [-0.39, 0.29) is 18.1 Å². The van der Waals surface area contributed by atoms with E-state index in [9.17, 15) is 9.59 Å². The van der Waals surface area contributed by atoms with E-state index in [0.717, 1.165) is 11.4 Å². The van der Waals surface area contributed by atoms with Gasteiger partial charge in [0.1, 0.15) is 5.75 Å². The molecule has 132 valence electrons. The Kier molecular flexibility index (Phi) is 4.31. The standard InChI is InChI=1S/C20H19N3O3/c24-19(14-26-16-9-5-2-6-10-16)22-12-11-18-17(13-22)20(25)23(21-18)15-7-3-1-4-8-15/h1-10,21H,11-14H2. The smallest absolute Gasteiger partial charge is 0.276 e. The van der Waals surface area contributed by atoms with Gasteiger partial charge in [0.25, 0.3) is 11.5 Å². The number of hydrogen-bond donors (Lipinski definition) is 1. The zero-order chi connectivity index (χ0) is 17.9. The SMILES string of the molecule is O=C(COc1ccccc1)N1CCc2[nH]n(-c3ccccc3)c(=O)c2C1. The van der Waals surface area contributed by atoms with Crippen LogP contribution in [0.2, 0.25) is 0 Å². The van der Waals surface area contributed by atoms with Crippen LogP contribution in [0.25, 0.3) is 5.69 Å². The maximum Gasteiger partial charge on any atom is 0.276 e. The molecule has 3 aromatic rings. The molecular formula is C20H19N3O3. The van der Waals surface area contributed by atoms with E-state index in [1.165, 1.54) is 0 Å². The van der Waals surface area contributed by atoms with Gasteiger partial charge in [0.05, 0.1) is 17.8 Å². The van der Waals surface area contributed by atoms with Gasteiger partial charge in [-0.3, -0.25) is 14.7 Å². The maximum atomic E-state index is 12.7. The number of hydrogen-bond acceptors (Lipinski definition) is 3. The maximum absolute atomic E-state index is 12.7. The average Bonchev–Trinajstić information content (AvgIpc) is 3.04. The number of carbonyl (C=O) groups excluding carboxylic acids is 1. The molecule has 0 fully saturated rings. The molecule has 1 aromatic heterocycles. The van der Waals surface area contributed by atoms with E-state index in [1.54, 1.807) is 9.58 Å². The number of benzene rings is 2. The first-order valence-corrected chi connectivity index (χ1v) is 8.56. The number of fused-ring (bicyclic) bond motifs is 1. The molecule has 0 saturated carbocycles. The monoisotopic (exact) mass is 349 g/mol. The van der Waals surface area contributed by atoms with E-state index in [1.807, 2.05) is 60.7 Å². The van der Waals surface area contributed by atoms with E-state index in [2.05, 4.69) is 5.10 Å². The highest BCUT2D eigenvalue weighted by molar-refractivity contribution is 5.78. The summed E-state index contributed by atoms with van der Waals surface area (Å²) in [5.74, 6) is 0.540. The molecule has 6 nitrogen and oxygen atoms in total. The van der Waals surface area contributed by atoms with Crippen LogP contribution in [-0.4, -0.2) is 33.7 Å². The third kappa shape index (κ3) is 3.13. The summed E-state index contributed by atoms with van der Waals surface area (Å²) >= 11 is 0. The van der Waals surface area contributed by atoms with Gasteiger partial charge in [-0.25, -0.2) is 4.68 Å². The van der Waals surface area contributed by atoms with Crippen molar-refractivity contribution in [2.75, 3.05) is 13.2 Å². The lowest BCUT2D eigenvalue weighted by molar-refractivity contribution is -0.134. The van der Waals surface area contributed by atoms with Crippen molar-refractivity contribution in [3.63, 3.8) is 0 Å². The molecular weight excluding hydrogens is 330 g/mol. The topological polar surface area (TPSA) is 67.3 Å². The van der Waals surface area contributed by atoms with Crippen LogP contribution >= 0.6 is 0 Å². The number of carbonyl (C=O) groups is 1. The van der Waals surface area contributed by atoms with Gasteiger partial charge < -0.3 is 9.64 Å². The van der Waals surface area contributed by atoms with Gasteiger partial charge in [-0.15, -0.1) is 0 Å². The predicted molar refractivity (Wildman–Crippen MR) is 97.4 cm³/mol. The van der Waals surface area contributed by atoms with Crippen LogP contribution < -0.4 is 10.3 Å². The number of H-pyrrole nitrogens is 1. The van der Waals surface area contributed by atoms with Crippen LogP contribution in [0.4, 0.5) is 0 Å². The summed E-state index contributed by atoms with van der Waals surface area (Å²) in [4.78, 5) is 26.9. The quantitative estimate of drug-likeness (QED) is 0.785. The van der Waals surface area contributed by atoms with Gasteiger partial charge in [0.15, 0.2) is 6.61 Å². The average molecular weight is 349 g/mol. The lowest BCUT2D eigenvalue weighted by atomic mass is 10.1. The molecule has 0 aliphatic carbocycles.